The highest BCUT2D eigenvalue weighted by Gasteiger charge is 2.25. The van der Waals surface area contributed by atoms with E-state index in [4.69, 9.17) is 37.4 Å². The molecule has 1 aliphatic rings. The second-order valence-corrected chi connectivity index (χ2v) is 10.3. The zero-order valence-corrected chi connectivity index (χ0v) is 22.8. The Hall–Kier alpha value is -3.58. The number of pyridine rings is 1. The zero-order valence-electron chi connectivity index (χ0n) is 21.3. The summed E-state index contributed by atoms with van der Waals surface area (Å²) in [5, 5.41) is 11.5. The molecular formula is C31H27Cl2NO5. The normalized spacial score (nSPS) is 14.0. The summed E-state index contributed by atoms with van der Waals surface area (Å²) in [6.45, 7) is 0.804. The van der Waals surface area contributed by atoms with E-state index in [1.807, 2.05) is 48.6 Å². The number of carboxylic acids is 1. The van der Waals surface area contributed by atoms with Crippen molar-refractivity contribution in [2.24, 2.45) is 5.92 Å². The summed E-state index contributed by atoms with van der Waals surface area (Å²) < 4.78 is 17.4. The minimum Gasteiger partial charge on any atom is -0.497 e. The van der Waals surface area contributed by atoms with Crippen LogP contribution in [0.4, 0.5) is 0 Å². The second kappa shape index (κ2) is 12.1. The van der Waals surface area contributed by atoms with Crippen molar-refractivity contribution in [3.05, 3.63) is 99.2 Å². The van der Waals surface area contributed by atoms with Gasteiger partial charge in [0.25, 0.3) is 0 Å². The van der Waals surface area contributed by atoms with Gasteiger partial charge < -0.3 is 19.3 Å². The Morgan fingerprint density at radius 1 is 1.05 bits per heavy atom. The average molecular weight is 564 g/mol. The van der Waals surface area contributed by atoms with Gasteiger partial charge in [-0.25, -0.2) is 9.78 Å². The highest BCUT2D eigenvalue weighted by Crippen LogP contribution is 2.32. The number of hydrogen-bond donors (Lipinski definition) is 1. The molecule has 0 amide bonds. The lowest BCUT2D eigenvalue weighted by Gasteiger charge is -2.20. The van der Waals surface area contributed by atoms with Gasteiger partial charge in [-0.3, -0.25) is 0 Å². The van der Waals surface area contributed by atoms with Crippen LogP contribution in [0.3, 0.4) is 0 Å². The van der Waals surface area contributed by atoms with Crippen LogP contribution in [0.25, 0.3) is 23.1 Å². The van der Waals surface area contributed by atoms with Crippen LogP contribution in [-0.4, -0.2) is 36.4 Å². The number of carbonyl (C=O) groups is 1. The predicted octanol–water partition coefficient (Wildman–Crippen LogP) is 7.97. The minimum absolute atomic E-state index is 0.0402. The lowest BCUT2D eigenvalue weighted by Crippen LogP contribution is -2.16. The van der Waals surface area contributed by atoms with Crippen LogP contribution in [-0.2, 0) is 4.74 Å². The van der Waals surface area contributed by atoms with E-state index >= 15 is 0 Å². The van der Waals surface area contributed by atoms with E-state index < -0.39 is 5.97 Å². The Morgan fingerprint density at radius 3 is 2.64 bits per heavy atom. The number of benzene rings is 3. The fourth-order valence-electron chi connectivity index (χ4n) is 4.14. The summed E-state index contributed by atoms with van der Waals surface area (Å²) in [6, 6.07) is 20.2. The number of fused-ring (bicyclic) bond motifs is 1. The Balaban J connectivity index is 1.35. The van der Waals surface area contributed by atoms with Crippen molar-refractivity contribution in [2.75, 3.05) is 20.3 Å². The highest BCUT2D eigenvalue weighted by molar-refractivity contribution is 6.42. The molecule has 0 spiro atoms. The summed E-state index contributed by atoms with van der Waals surface area (Å²) in [4.78, 5) is 16.4. The number of carboxylic acid groups (broad SMARTS) is 1. The van der Waals surface area contributed by atoms with Crippen LogP contribution < -0.4 is 9.47 Å². The summed E-state index contributed by atoms with van der Waals surface area (Å²) >= 11 is 12.3. The van der Waals surface area contributed by atoms with Crippen LogP contribution in [0.5, 0.6) is 11.5 Å². The van der Waals surface area contributed by atoms with Gasteiger partial charge in [-0.2, -0.15) is 0 Å². The Morgan fingerprint density at radius 2 is 1.87 bits per heavy atom. The number of aromatic nitrogens is 1. The average Bonchev–Trinajstić information content (AvgIpc) is 3.77. The van der Waals surface area contributed by atoms with Gasteiger partial charge in [0.15, 0.2) is 0 Å². The monoisotopic (exact) mass is 563 g/mol. The fraction of sp³-hybridized carbons (Fsp3) is 0.226. The first kappa shape index (κ1) is 27.0. The van der Waals surface area contributed by atoms with E-state index in [0.717, 1.165) is 40.6 Å². The molecule has 0 radical (unpaired) electrons. The molecule has 1 aliphatic carbocycles. The molecule has 5 rings (SSSR count). The van der Waals surface area contributed by atoms with Gasteiger partial charge in [0.2, 0.25) is 0 Å². The minimum atomic E-state index is -1.08. The number of methoxy groups -OCH3 is 1. The van der Waals surface area contributed by atoms with E-state index in [0.29, 0.717) is 28.3 Å². The molecule has 1 heterocycles. The molecule has 4 aromatic rings. The van der Waals surface area contributed by atoms with Gasteiger partial charge in [0.1, 0.15) is 29.8 Å². The number of halogens is 2. The maximum Gasteiger partial charge on any atom is 0.339 e. The molecule has 1 fully saturated rings. The van der Waals surface area contributed by atoms with E-state index in [9.17, 15) is 9.90 Å². The largest absolute Gasteiger partial charge is 0.497 e. The number of nitrogens with zero attached hydrogens (tertiary/aromatic N) is 1. The molecule has 0 aliphatic heterocycles. The van der Waals surface area contributed by atoms with Gasteiger partial charge in [-0.05, 0) is 78.4 Å². The van der Waals surface area contributed by atoms with Gasteiger partial charge >= 0.3 is 5.97 Å². The van der Waals surface area contributed by atoms with E-state index in [1.165, 1.54) is 13.2 Å². The molecule has 1 atom stereocenters. The first-order chi connectivity index (χ1) is 18.9. The van der Waals surface area contributed by atoms with Crippen molar-refractivity contribution < 1.29 is 24.1 Å². The fourth-order valence-corrected chi connectivity index (χ4v) is 4.47. The molecule has 0 unspecified atom stereocenters. The maximum absolute atomic E-state index is 11.8. The van der Waals surface area contributed by atoms with Gasteiger partial charge in [-0.1, -0.05) is 53.5 Å². The molecule has 1 aromatic heterocycles. The van der Waals surface area contributed by atoms with Crippen molar-refractivity contribution >= 4 is 52.2 Å². The van der Waals surface area contributed by atoms with Crippen molar-refractivity contribution in [3.8, 4) is 11.5 Å². The molecule has 6 nitrogen and oxygen atoms in total. The third kappa shape index (κ3) is 6.90. The van der Waals surface area contributed by atoms with E-state index in [-0.39, 0.29) is 24.0 Å². The zero-order chi connectivity index (χ0) is 27.4. The Labute approximate surface area is 236 Å². The molecule has 1 N–H and O–H groups in total. The van der Waals surface area contributed by atoms with Crippen molar-refractivity contribution in [1.82, 2.24) is 4.98 Å². The lowest BCUT2D eigenvalue weighted by molar-refractivity contribution is 0.0128. The molecule has 200 valence electrons. The summed E-state index contributed by atoms with van der Waals surface area (Å²) in [5.41, 5.74) is 3.51. The van der Waals surface area contributed by atoms with E-state index in [1.54, 1.807) is 24.3 Å². The van der Waals surface area contributed by atoms with Gasteiger partial charge in [0.05, 0.1) is 35.0 Å². The van der Waals surface area contributed by atoms with Crippen molar-refractivity contribution in [1.29, 1.82) is 0 Å². The van der Waals surface area contributed by atoms with Gasteiger partial charge in [-0.15, -0.1) is 0 Å². The molecule has 0 saturated heterocycles. The summed E-state index contributed by atoms with van der Waals surface area (Å²) in [5.74, 6) is 0.198. The quantitative estimate of drug-likeness (QED) is 0.199. The van der Waals surface area contributed by atoms with Gasteiger partial charge in [0, 0.05) is 5.39 Å². The lowest BCUT2D eigenvalue weighted by atomic mass is 10.1. The molecule has 0 bridgehead atoms. The number of rotatable bonds is 11. The standard InChI is InChI=1S/C31H27Cl2NO5/c1-37-24-11-12-29(25(15-24)31(35)36)39-18-30(38-17-20-5-6-20)22-4-2-3-19(13-22)7-9-23-10-8-21-14-26(32)27(33)16-28(21)34-23/h2-4,7-16,20,30H,5-6,17-18H2,1H3,(H,35,36)/b9-7+/t30-/m1/s1. The Bertz CT molecular complexity index is 1530. The van der Waals surface area contributed by atoms with Crippen LogP contribution in [0, 0.1) is 5.92 Å². The first-order valence-electron chi connectivity index (χ1n) is 12.6. The van der Waals surface area contributed by atoms with Crippen molar-refractivity contribution in [3.63, 3.8) is 0 Å². The smallest absolute Gasteiger partial charge is 0.339 e. The van der Waals surface area contributed by atoms with Crippen LogP contribution >= 0.6 is 23.2 Å². The topological polar surface area (TPSA) is 77.9 Å². The third-order valence-electron chi connectivity index (χ3n) is 6.52. The number of hydrogen-bond acceptors (Lipinski definition) is 5. The Kier molecular flexibility index (Phi) is 8.36. The molecule has 8 heteroatoms. The SMILES string of the molecule is COc1ccc(OC[C@@H](OCC2CC2)c2cccc(/C=C/c3ccc4cc(Cl)c(Cl)cc4n3)c2)c(C(=O)O)c1. The maximum atomic E-state index is 11.8. The first-order valence-corrected chi connectivity index (χ1v) is 13.3. The molecule has 1 saturated carbocycles. The van der Waals surface area contributed by atoms with Crippen molar-refractivity contribution in [2.45, 2.75) is 18.9 Å². The van der Waals surface area contributed by atoms with Crippen LogP contribution in [0.15, 0.2) is 66.7 Å². The third-order valence-corrected chi connectivity index (χ3v) is 7.24. The summed E-state index contributed by atoms with van der Waals surface area (Å²) in [7, 11) is 1.49. The van der Waals surface area contributed by atoms with E-state index in [2.05, 4.69) is 4.98 Å². The predicted molar refractivity (Wildman–Crippen MR) is 154 cm³/mol. The summed E-state index contributed by atoms with van der Waals surface area (Å²) in [6.07, 6.45) is 5.88. The highest BCUT2D eigenvalue weighted by atomic mass is 35.5. The van der Waals surface area contributed by atoms with Crippen LogP contribution in [0.2, 0.25) is 10.0 Å². The number of ether oxygens (including phenoxy) is 3. The molecule has 39 heavy (non-hydrogen) atoms. The van der Waals surface area contributed by atoms with Crippen LogP contribution in [0.1, 0.15) is 46.1 Å². The molecular weight excluding hydrogens is 537 g/mol. The second-order valence-electron chi connectivity index (χ2n) is 9.44. The molecule has 3 aromatic carbocycles. The number of aromatic carboxylic acids is 1.